The van der Waals surface area contributed by atoms with E-state index in [-0.39, 0.29) is 18.7 Å². The molecule has 1 aliphatic rings. The van der Waals surface area contributed by atoms with E-state index in [1.54, 1.807) is 11.3 Å². The first-order chi connectivity index (χ1) is 13.8. The molecule has 28 heavy (non-hydrogen) atoms. The number of benzene rings is 3. The van der Waals surface area contributed by atoms with Crippen LogP contribution in [0, 0.1) is 0 Å². The molecule has 0 spiro atoms. The lowest BCUT2D eigenvalue weighted by atomic mass is 10.1. The number of fused-ring (bicyclic) bond motifs is 4. The number of esters is 1. The Bertz CT molecular complexity index is 1090. The number of rotatable bonds is 5. The highest BCUT2D eigenvalue weighted by Gasteiger charge is 2.30. The third-order valence-electron chi connectivity index (χ3n) is 4.81. The quantitative estimate of drug-likeness (QED) is 0.446. The Morgan fingerprint density at radius 3 is 2.25 bits per heavy atom. The maximum atomic E-state index is 12.4. The molecule has 0 aliphatic heterocycles. The van der Waals surface area contributed by atoms with Crippen molar-refractivity contribution in [2.75, 3.05) is 6.61 Å². The number of carbonyl (C=O) groups excluding carboxylic acids is 1. The van der Waals surface area contributed by atoms with Crippen LogP contribution in [0.2, 0.25) is 0 Å². The zero-order valence-electron chi connectivity index (χ0n) is 15.0. The molecule has 3 aromatic carbocycles. The molecule has 0 fully saturated rings. The minimum atomic E-state index is -0.383. The van der Waals surface area contributed by atoms with E-state index in [1.165, 1.54) is 0 Å². The van der Waals surface area contributed by atoms with Crippen LogP contribution in [0.15, 0.2) is 72.8 Å². The summed E-state index contributed by atoms with van der Waals surface area (Å²) in [5.41, 5.74) is 5.22. The van der Waals surface area contributed by atoms with E-state index in [1.807, 2.05) is 60.7 Å². The van der Waals surface area contributed by atoms with Crippen molar-refractivity contribution in [3.05, 3.63) is 88.9 Å². The Kier molecular flexibility index (Phi) is 4.39. The molecule has 1 heterocycles. The van der Waals surface area contributed by atoms with Crippen LogP contribution in [0.3, 0.4) is 0 Å². The number of ether oxygens (including phenoxy) is 2. The molecule has 4 aromatic rings. The van der Waals surface area contributed by atoms with E-state index >= 15 is 0 Å². The first kappa shape index (κ1) is 17.1. The van der Waals surface area contributed by atoms with Gasteiger partial charge < -0.3 is 9.47 Å². The van der Waals surface area contributed by atoms with Gasteiger partial charge in [0, 0.05) is 11.1 Å². The smallest absolute Gasteiger partial charge is 0.333 e. The standard InChI is InChI=1S/C23H17NO3S/c25-22(14-26-13-21-24-19-11-5-6-12-20(19)28-21)27-23-17-9-3-1-7-15(17)16-8-2-4-10-18(16)23/h1-12,23H,13-14H2. The molecule has 0 saturated heterocycles. The fourth-order valence-electron chi connectivity index (χ4n) is 3.61. The van der Waals surface area contributed by atoms with Crippen LogP contribution < -0.4 is 0 Å². The van der Waals surface area contributed by atoms with Crippen LogP contribution >= 0.6 is 11.3 Å². The van der Waals surface area contributed by atoms with Crippen LogP contribution in [0.4, 0.5) is 0 Å². The molecule has 138 valence electrons. The van der Waals surface area contributed by atoms with E-state index < -0.39 is 0 Å². The molecule has 4 nitrogen and oxygen atoms in total. The molecular formula is C23H17NO3S. The van der Waals surface area contributed by atoms with Crippen molar-refractivity contribution >= 4 is 27.5 Å². The monoisotopic (exact) mass is 387 g/mol. The van der Waals surface area contributed by atoms with Crippen molar-refractivity contribution in [2.24, 2.45) is 0 Å². The van der Waals surface area contributed by atoms with Gasteiger partial charge in [-0.1, -0.05) is 60.7 Å². The molecule has 5 rings (SSSR count). The minimum absolute atomic E-state index is 0.100. The first-order valence-corrected chi connectivity index (χ1v) is 9.91. The SMILES string of the molecule is O=C(COCc1nc2ccccc2s1)OC1c2ccccc2-c2ccccc21. The summed E-state index contributed by atoms with van der Waals surface area (Å²) in [4.78, 5) is 16.9. The number of thiazole rings is 1. The van der Waals surface area contributed by atoms with Gasteiger partial charge >= 0.3 is 5.97 Å². The van der Waals surface area contributed by atoms with Crippen molar-refractivity contribution in [1.82, 2.24) is 4.98 Å². The number of carbonyl (C=O) groups is 1. The molecule has 0 amide bonds. The lowest BCUT2D eigenvalue weighted by Crippen LogP contribution is -2.16. The van der Waals surface area contributed by atoms with E-state index in [2.05, 4.69) is 17.1 Å². The second-order valence-electron chi connectivity index (χ2n) is 6.61. The maximum Gasteiger partial charge on any atom is 0.333 e. The number of hydrogen-bond donors (Lipinski definition) is 0. The van der Waals surface area contributed by atoms with E-state index in [9.17, 15) is 4.79 Å². The first-order valence-electron chi connectivity index (χ1n) is 9.09. The van der Waals surface area contributed by atoms with Gasteiger partial charge in [0.05, 0.1) is 16.8 Å². The summed E-state index contributed by atoms with van der Waals surface area (Å²) in [6, 6.07) is 24.0. The molecular weight excluding hydrogens is 370 g/mol. The Hall–Kier alpha value is -3.02. The second-order valence-corrected chi connectivity index (χ2v) is 7.73. The average Bonchev–Trinajstić information content (AvgIpc) is 3.28. The molecule has 1 aromatic heterocycles. The van der Waals surface area contributed by atoms with Crippen molar-refractivity contribution < 1.29 is 14.3 Å². The van der Waals surface area contributed by atoms with Gasteiger partial charge in [0.15, 0.2) is 6.10 Å². The van der Waals surface area contributed by atoms with Gasteiger partial charge in [-0.05, 0) is 23.3 Å². The highest BCUT2D eigenvalue weighted by Crippen LogP contribution is 2.45. The number of para-hydroxylation sites is 1. The molecule has 0 bridgehead atoms. The third-order valence-corrected chi connectivity index (χ3v) is 5.82. The summed E-state index contributed by atoms with van der Waals surface area (Å²) in [6.07, 6.45) is -0.383. The highest BCUT2D eigenvalue weighted by molar-refractivity contribution is 7.18. The van der Waals surface area contributed by atoms with Gasteiger partial charge in [-0.25, -0.2) is 9.78 Å². The maximum absolute atomic E-state index is 12.4. The molecule has 0 radical (unpaired) electrons. The normalized spacial score (nSPS) is 12.7. The van der Waals surface area contributed by atoms with Gasteiger partial charge in [-0.15, -0.1) is 11.3 Å². The van der Waals surface area contributed by atoms with Gasteiger partial charge in [0.25, 0.3) is 0 Å². The van der Waals surface area contributed by atoms with Crippen molar-refractivity contribution in [2.45, 2.75) is 12.7 Å². The summed E-state index contributed by atoms with van der Waals surface area (Å²) < 4.78 is 12.5. The Balaban J connectivity index is 1.26. The zero-order valence-corrected chi connectivity index (χ0v) is 15.8. The van der Waals surface area contributed by atoms with E-state index in [4.69, 9.17) is 9.47 Å². The summed E-state index contributed by atoms with van der Waals surface area (Å²) in [6.45, 7) is 0.197. The Morgan fingerprint density at radius 2 is 1.54 bits per heavy atom. The average molecular weight is 387 g/mol. The van der Waals surface area contributed by atoms with Crippen LogP contribution in [0.5, 0.6) is 0 Å². The summed E-state index contributed by atoms with van der Waals surface area (Å²) in [5, 5.41) is 0.852. The van der Waals surface area contributed by atoms with Crippen LogP contribution in [0.25, 0.3) is 21.3 Å². The van der Waals surface area contributed by atoms with E-state index in [0.29, 0.717) is 6.61 Å². The second kappa shape index (κ2) is 7.19. The van der Waals surface area contributed by atoms with Crippen LogP contribution in [-0.2, 0) is 20.9 Å². The molecule has 1 aliphatic carbocycles. The van der Waals surface area contributed by atoms with Crippen molar-refractivity contribution in [3.8, 4) is 11.1 Å². The lowest BCUT2D eigenvalue weighted by molar-refractivity contribution is -0.153. The van der Waals surface area contributed by atoms with Crippen LogP contribution in [-0.4, -0.2) is 17.6 Å². The summed E-state index contributed by atoms with van der Waals surface area (Å²) in [5.74, 6) is -0.377. The van der Waals surface area contributed by atoms with Crippen molar-refractivity contribution in [3.63, 3.8) is 0 Å². The van der Waals surface area contributed by atoms with Gasteiger partial charge in [-0.3, -0.25) is 0 Å². The largest absolute Gasteiger partial charge is 0.451 e. The fraction of sp³-hybridized carbons (Fsp3) is 0.130. The predicted octanol–water partition coefficient (Wildman–Crippen LogP) is 5.13. The molecule has 0 unspecified atom stereocenters. The Labute approximate surface area is 166 Å². The third kappa shape index (κ3) is 3.09. The number of hydrogen-bond acceptors (Lipinski definition) is 5. The summed E-state index contributed by atoms with van der Waals surface area (Å²) in [7, 11) is 0. The molecule has 0 N–H and O–H groups in total. The topological polar surface area (TPSA) is 48.4 Å². The minimum Gasteiger partial charge on any atom is -0.451 e. The number of aromatic nitrogens is 1. The fourth-order valence-corrected chi connectivity index (χ4v) is 4.51. The molecule has 0 atom stereocenters. The molecule has 0 saturated carbocycles. The number of nitrogens with zero attached hydrogens (tertiary/aromatic N) is 1. The lowest BCUT2D eigenvalue weighted by Gasteiger charge is -2.15. The van der Waals surface area contributed by atoms with Crippen molar-refractivity contribution in [1.29, 1.82) is 0 Å². The zero-order chi connectivity index (χ0) is 18.9. The van der Waals surface area contributed by atoms with Gasteiger partial charge in [0.2, 0.25) is 0 Å². The van der Waals surface area contributed by atoms with Crippen LogP contribution in [0.1, 0.15) is 22.2 Å². The summed E-state index contributed by atoms with van der Waals surface area (Å²) >= 11 is 1.58. The molecule has 5 heteroatoms. The highest BCUT2D eigenvalue weighted by atomic mass is 32.1. The van der Waals surface area contributed by atoms with Gasteiger partial charge in [-0.2, -0.15) is 0 Å². The van der Waals surface area contributed by atoms with E-state index in [0.717, 1.165) is 37.5 Å². The Morgan fingerprint density at radius 1 is 0.893 bits per heavy atom. The predicted molar refractivity (Wildman–Crippen MR) is 109 cm³/mol. The van der Waals surface area contributed by atoms with Gasteiger partial charge in [0.1, 0.15) is 11.6 Å².